The van der Waals surface area contributed by atoms with Gasteiger partial charge in [-0.2, -0.15) is 0 Å². The van der Waals surface area contributed by atoms with Gasteiger partial charge in [-0.15, -0.1) is 0 Å². The zero-order valence-electron chi connectivity index (χ0n) is 12.4. The third kappa shape index (κ3) is 4.63. The molecular weight excluding hydrogens is 283 g/mol. The van der Waals surface area contributed by atoms with Crippen LogP contribution in [0.3, 0.4) is 0 Å². The molecule has 0 amide bonds. The number of aromatic hydroxyl groups is 1. The van der Waals surface area contributed by atoms with E-state index >= 15 is 0 Å². The Kier molecular flexibility index (Phi) is 5.61. The molecule has 116 valence electrons. The number of allylic oxidation sites excluding steroid dienone is 1. The van der Waals surface area contributed by atoms with Gasteiger partial charge in [0.25, 0.3) is 0 Å². The summed E-state index contributed by atoms with van der Waals surface area (Å²) >= 11 is 0. The van der Waals surface area contributed by atoms with E-state index in [0.29, 0.717) is 17.0 Å². The number of hydrogen-bond acceptors (Lipinski definition) is 4. The molecule has 0 bridgehead atoms. The second-order valence-electron chi connectivity index (χ2n) is 5.18. The molecule has 4 nitrogen and oxygen atoms in total. The van der Waals surface area contributed by atoms with Gasteiger partial charge in [0, 0.05) is 18.0 Å². The highest BCUT2D eigenvalue weighted by Crippen LogP contribution is 2.23. The molecule has 0 aliphatic carbocycles. The fourth-order valence-electron chi connectivity index (χ4n) is 1.98. The Morgan fingerprint density at radius 1 is 1.23 bits per heavy atom. The predicted molar refractivity (Wildman–Crippen MR) is 83.7 cm³/mol. The number of rotatable bonds is 6. The van der Waals surface area contributed by atoms with Crippen molar-refractivity contribution in [2.45, 2.75) is 32.3 Å². The Morgan fingerprint density at radius 2 is 1.95 bits per heavy atom. The van der Waals surface area contributed by atoms with Crippen molar-refractivity contribution in [3.63, 3.8) is 0 Å². The van der Waals surface area contributed by atoms with Crippen molar-refractivity contribution < 1.29 is 14.6 Å². The minimum absolute atomic E-state index is 0.269. The zero-order chi connectivity index (χ0) is 15.9. The number of aliphatic hydroxyl groups is 1. The Bertz CT molecular complexity index is 640. The number of nitrogens with zero attached hydrogens (tertiary/aromatic N) is 2. The van der Waals surface area contributed by atoms with Gasteiger partial charge >= 0.3 is 0 Å². The van der Waals surface area contributed by atoms with E-state index in [9.17, 15) is 9.50 Å². The van der Waals surface area contributed by atoms with Gasteiger partial charge < -0.3 is 10.2 Å². The van der Waals surface area contributed by atoms with E-state index in [1.807, 2.05) is 12.2 Å². The van der Waals surface area contributed by atoms with Crippen LogP contribution >= 0.6 is 0 Å². The van der Waals surface area contributed by atoms with Crippen molar-refractivity contribution in [3.8, 4) is 16.9 Å². The van der Waals surface area contributed by atoms with Crippen LogP contribution in [0.4, 0.5) is 4.39 Å². The van der Waals surface area contributed by atoms with Crippen LogP contribution in [0.25, 0.3) is 17.2 Å². The first kappa shape index (κ1) is 16.1. The fourth-order valence-corrected chi connectivity index (χ4v) is 1.98. The fraction of sp³-hybridized carbons (Fsp3) is 0.294. The van der Waals surface area contributed by atoms with Crippen LogP contribution in [0.15, 0.2) is 36.7 Å². The molecule has 0 aliphatic heterocycles. The Balaban J connectivity index is 1.98. The Labute approximate surface area is 129 Å². The van der Waals surface area contributed by atoms with Crippen molar-refractivity contribution in [1.82, 2.24) is 9.97 Å². The van der Waals surface area contributed by atoms with Crippen LogP contribution in [0, 0.1) is 5.82 Å². The summed E-state index contributed by atoms with van der Waals surface area (Å²) in [6.45, 7) is 1.78. The topological polar surface area (TPSA) is 66.2 Å². The third-order valence-electron chi connectivity index (χ3n) is 3.21. The summed E-state index contributed by atoms with van der Waals surface area (Å²) in [4.78, 5) is 8.42. The molecule has 0 saturated carbocycles. The number of benzene rings is 1. The van der Waals surface area contributed by atoms with Crippen molar-refractivity contribution in [3.05, 3.63) is 48.3 Å². The van der Waals surface area contributed by atoms with Gasteiger partial charge in [-0.05, 0) is 50.0 Å². The second-order valence-corrected chi connectivity index (χ2v) is 5.18. The van der Waals surface area contributed by atoms with Gasteiger partial charge in [0.2, 0.25) is 0 Å². The molecule has 1 atom stereocenters. The van der Waals surface area contributed by atoms with Crippen LogP contribution in [0.5, 0.6) is 5.75 Å². The van der Waals surface area contributed by atoms with E-state index in [2.05, 4.69) is 9.97 Å². The molecule has 1 aromatic heterocycles. The van der Waals surface area contributed by atoms with Crippen LogP contribution in [0.1, 0.15) is 32.0 Å². The number of halogens is 1. The highest BCUT2D eigenvalue weighted by atomic mass is 19.1. The van der Waals surface area contributed by atoms with E-state index in [1.165, 1.54) is 12.1 Å². The Morgan fingerprint density at radius 3 is 2.59 bits per heavy atom. The quantitative estimate of drug-likeness (QED) is 0.801. The van der Waals surface area contributed by atoms with Gasteiger partial charge in [-0.3, -0.25) is 0 Å². The number of aromatic nitrogens is 2. The van der Waals surface area contributed by atoms with Crippen LogP contribution < -0.4 is 0 Å². The number of phenolic OH excluding ortho intramolecular Hbond substituents is 1. The maximum atomic E-state index is 13.3. The summed E-state index contributed by atoms with van der Waals surface area (Å²) in [6, 6.07) is 4.17. The lowest BCUT2D eigenvalue weighted by molar-refractivity contribution is 0.182. The SMILES string of the molecule is CC(O)CCCC=Cc1ncc(-c2ccc(O)c(F)c2)cn1. The van der Waals surface area contributed by atoms with Crippen molar-refractivity contribution >= 4 is 6.08 Å². The first-order chi connectivity index (χ1) is 10.6. The lowest BCUT2D eigenvalue weighted by atomic mass is 10.1. The molecule has 2 aromatic rings. The summed E-state index contributed by atoms with van der Waals surface area (Å²) in [7, 11) is 0. The summed E-state index contributed by atoms with van der Waals surface area (Å²) in [6.07, 6.45) is 9.31. The first-order valence-electron chi connectivity index (χ1n) is 7.22. The first-order valence-corrected chi connectivity index (χ1v) is 7.22. The maximum absolute atomic E-state index is 13.3. The molecule has 0 aliphatic rings. The molecule has 2 rings (SSSR count). The summed E-state index contributed by atoms with van der Waals surface area (Å²) in [5, 5.41) is 18.3. The van der Waals surface area contributed by atoms with E-state index in [1.54, 1.807) is 25.4 Å². The average molecular weight is 302 g/mol. The van der Waals surface area contributed by atoms with Gasteiger partial charge in [0.1, 0.15) is 0 Å². The summed E-state index contributed by atoms with van der Waals surface area (Å²) < 4.78 is 13.3. The summed E-state index contributed by atoms with van der Waals surface area (Å²) in [5.41, 5.74) is 1.30. The largest absolute Gasteiger partial charge is 0.505 e. The smallest absolute Gasteiger partial charge is 0.165 e. The van der Waals surface area contributed by atoms with Gasteiger partial charge in [0.05, 0.1) is 6.10 Å². The molecular formula is C17H19FN2O2. The molecule has 2 N–H and O–H groups in total. The summed E-state index contributed by atoms with van der Waals surface area (Å²) in [5.74, 6) is -0.457. The normalized spacial score (nSPS) is 12.7. The van der Waals surface area contributed by atoms with Gasteiger partial charge in [-0.1, -0.05) is 12.1 Å². The van der Waals surface area contributed by atoms with Crippen LogP contribution in [-0.4, -0.2) is 26.3 Å². The van der Waals surface area contributed by atoms with Crippen LogP contribution in [0.2, 0.25) is 0 Å². The van der Waals surface area contributed by atoms with Gasteiger partial charge in [0.15, 0.2) is 17.4 Å². The lowest BCUT2D eigenvalue weighted by Gasteiger charge is -2.03. The molecule has 0 spiro atoms. The number of hydrogen-bond donors (Lipinski definition) is 2. The van der Waals surface area contributed by atoms with Crippen molar-refractivity contribution in [1.29, 1.82) is 0 Å². The number of phenols is 1. The second kappa shape index (κ2) is 7.66. The van der Waals surface area contributed by atoms with Crippen molar-refractivity contribution in [2.24, 2.45) is 0 Å². The molecule has 1 unspecified atom stereocenters. The zero-order valence-corrected chi connectivity index (χ0v) is 12.4. The molecule has 1 heterocycles. The van der Waals surface area contributed by atoms with Gasteiger partial charge in [-0.25, -0.2) is 14.4 Å². The molecule has 0 radical (unpaired) electrons. The van der Waals surface area contributed by atoms with Crippen molar-refractivity contribution in [2.75, 3.05) is 0 Å². The van der Waals surface area contributed by atoms with E-state index in [0.717, 1.165) is 19.3 Å². The van der Waals surface area contributed by atoms with Crippen LogP contribution in [-0.2, 0) is 0 Å². The molecule has 0 fully saturated rings. The average Bonchev–Trinajstić information content (AvgIpc) is 2.50. The molecule has 22 heavy (non-hydrogen) atoms. The highest BCUT2D eigenvalue weighted by Gasteiger charge is 2.04. The minimum Gasteiger partial charge on any atom is -0.505 e. The predicted octanol–water partition coefficient (Wildman–Crippen LogP) is 3.55. The minimum atomic E-state index is -0.667. The molecule has 0 saturated heterocycles. The third-order valence-corrected chi connectivity index (χ3v) is 3.21. The highest BCUT2D eigenvalue weighted by molar-refractivity contribution is 5.63. The monoisotopic (exact) mass is 302 g/mol. The molecule has 5 heteroatoms. The van der Waals surface area contributed by atoms with E-state index in [-0.39, 0.29) is 11.9 Å². The number of unbranched alkanes of at least 4 members (excludes halogenated alkanes) is 1. The molecule has 1 aromatic carbocycles. The standard InChI is InChI=1S/C17H19FN2O2/c1-12(21)5-3-2-4-6-17-19-10-14(11-20-17)13-7-8-16(22)15(18)9-13/h4,6-12,21-22H,2-3,5H2,1H3. The number of aliphatic hydroxyl groups excluding tert-OH is 1. The Hall–Kier alpha value is -2.27. The van der Waals surface area contributed by atoms with E-state index < -0.39 is 5.82 Å². The maximum Gasteiger partial charge on any atom is 0.165 e. The lowest BCUT2D eigenvalue weighted by Crippen LogP contribution is -1.97. The van der Waals surface area contributed by atoms with E-state index in [4.69, 9.17) is 5.11 Å².